The fourth-order valence-corrected chi connectivity index (χ4v) is 2.13. The first kappa shape index (κ1) is 15.6. The van der Waals surface area contributed by atoms with Crippen LogP contribution < -0.4 is 15.8 Å². The largest absolute Gasteiger partial charge is 0.352 e. The first-order valence-electron chi connectivity index (χ1n) is 5.96. The number of benzene rings is 1. The monoisotopic (exact) mass is 285 g/mol. The van der Waals surface area contributed by atoms with Gasteiger partial charge in [0.25, 0.3) is 0 Å². The molecule has 0 unspecified atom stereocenters. The molecule has 0 saturated carbocycles. The van der Waals surface area contributed by atoms with Gasteiger partial charge in [-0.05, 0) is 37.7 Å². The summed E-state index contributed by atoms with van der Waals surface area (Å²) >= 11 is 0. The van der Waals surface area contributed by atoms with E-state index in [-0.39, 0.29) is 10.8 Å². The van der Waals surface area contributed by atoms with Crippen LogP contribution >= 0.6 is 0 Å². The van der Waals surface area contributed by atoms with E-state index in [2.05, 4.69) is 10.6 Å². The Balaban J connectivity index is 2.52. The average Bonchev–Trinajstić information content (AvgIpc) is 2.36. The third kappa shape index (κ3) is 5.82. The van der Waals surface area contributed by atoms with Crippen molar-refractivity contribution in [2.75, 3.05) is 13.6 Å². The third-order valence-corrected chi connectivity index (χ3v) is 3.46. The highest BCUT2D eigenvalue weighted by atomic mass is 32.2. The highest BCUT2D eigenvalue weighted by Gasteiger charge is 2.08. The molecule has 0 aliphatic heterocycles. The van der Waals surface area contributed by atoms with Gasteiger partial charge in [-0.1, -0.05) is 12.1 Å². The van der Waals surface area contributed by atoms with Gasteiger partial charge < -0.3 is 10.6 Å². The van der Waals surface area contributed by atoms with Gasteiger partial charge in [0.2, 0.25) is 15.9 Å². The lowest BCUT2D eigenvalue weighted by Crippen LogP contribution is -2.23. The molecule has 0 saturated heterocycles. The summed E-state index contributed by atoms with van der Waals surface area (Å²) in [5.74, 6) is -0.0590. The SMILES string of the molecule is CNCCCC(=O)NCc1cccc(S(N)(=O)=O)c1. The summed E-state index contributed by atoms with van der Waals surface area (Å²) in [7, 11) is -1.87. The second-order valence-electron chi connectivity index (χ2n) is 4.18. The third-order valence-electron chi connectivity index (χ3n) is 2.55. The summed E-state index contributed by atoms with van der Waals surface area (Å²) in [6.45, 7) is 1.08. The molecule has 0 aliphatic carbocycles. The van der Waals surface area contributed by atoms with Crippen LogP contribution in [0.1, 0.15) is 18.4 Å². The number of hydrogen-bond acceptors (Lipinski definition) is 4. The van der Waals surface area contributed by atoms with Crippen LogP contribution in [-0.4, -0.2) is 27.9 Å². The molecular weight excluding hydrogens is 266 g/mol. The number of nitrogens with two attached hydrogens (primary N) is 1. The minimum atomic E-state index is -3.70. The zero-order chi connectivity index (χ0) is 14.3. The Hall–Kier alpha value is -1.44. The van der Waals surface area contributed by atoms with Gasteiger partial charge >= 0.3 is 0 Å². The van der Waals surface area contributed by atoms with E-state index in [1.165, 1.54) is 12.1 Å². The molecule has 7 heteroatoms. The lowest BCUT2D eigenvalue weighted by Gasteiger charge is -2.06. The Morgan fingerprint density at radius 1 is 1.37 bits per heavy atom. The quantitative estimate of drug-likeness (QED) is 0.611. The Kier molecular flexibility index (Phi) is 5.94. The van der Waals surface area contributed by atoms with Gasteiger partial charge in [0.05, 0.1) is 4.90 Å². The molecule has 4 N–H and O–H groups in total. The molecule has 6 nitrogen and oxygen atoms in total. The molecule has 106 valence electrons. The van der Waals surface area contributed by atoms with Gasteiger partial charge in [-0.15, -0.1) is 0 Å². The van der Waals surface area contributed by atoms with Gasteiger partial charge in [-0.3, -0.25) is 4.79 Å². The summed E-state index contributed by atoms with van der Waals surface area (Å²) in [6.07, 6.45) is 1.20. The minimum Gasteiger partial charge on any atom is -0.352 e. The molecule has 0 aromatic heterocycles. The Bertz CT molecular complexity index is 529. The van der Waals surface area contributed by atoms with E-state index in [0.717, 1.165) is 13.0 Å². The number of hydrogen-bond donors (Lipinski definition) is 3. The normalized spacial score (nSPS) is 11.3. The molecule has 0 atom stereocenters. The molecule has 0 heterocycles. The smallest absolute Gasteiger partial charge is 0.238 e. The lowest BCUT2D eigenvalue weighted by molar-refractivity contribution is -0.121. The maximum Gasteiger partial charge on any atom is 0.238 e. The molecule has 1 rings (SSSR count). The zero-order valence-corrected chi connectivity index (χ0v) is 11.7. The lowest BCUT2D eigenvalue weighted by atomic mass is 10.2. The number of carbonyl (C=O) groups is 1. The van der Waals surface area contributed by atoms with Crippen molar-refractivity contribution in [3.05, 3.63) is 29.8 Å². The van der Waals surface area contributed by atoms with Crippen molar-refractivity contribution in [1.82, 2.24) is 10.6 Å². The van der Waals surface area contributed by atoms with E-state index in [0.29, 0.717) is 18.5 Å². The van der Waals surface area contributed by atoms with Crippen molar-refractivity contribution < 1.29 is 13.2 Å². The summed E-state index contributed by atoms with van der Waals surface area (Å²) in [6, 6.07) is 6.22. The zero-order valence-electron chi connectivity index (χ0n) is 10.8. The van der Waals surface area contributed by atoms with Crippen molar-refractivity contribution in [2.45, 2.75) is 24.3 Å². The molecule has 0 radical (unpaired) electrons. The van der Waals surface area contributed by atoms with Gasteiger partial charge in [0.15, 0.2) is 0 Å². The summed E-state index contributed by atoms with van der Waals surface area (Å²) in [5.41, 5.74) is 0.702. The van der Waals surface area contributed by atoms with Gasteiger partial charge in [-0.25, -0.2) is 13.6 Å². The molecule has 0 fully saturated rings. The predicted molar refractivity (Wildman–Crippen MR) is 72.8 cm³/mol. The maximum absolute atomic E-state index is 11.5. The van der Waals surface area contributed by atoms with E-state index in [9.17, 15) is 13.2 Å². The second kappa shape index (κ2) is 7.22. The van der Waals surface area contributed by atoms with Crippen LogP contribution in [0.15, 0.2) is 29.2 Å². The van der Waals surface area contributed by atoms with Crippen LogP contribution in [0.4, 0.5) is 0 Å². The van der Waals surface area contributed by atoms with Crippen LogP contribution in [0.5, 0.6) is 0 Å². The molecule has 1 aromatic carbocycles. The molecule has 1 aromatic rings. The van der Waals surface area contributed by atoms with Gasteiger partial charge in [-0.2, -0.15) is 0 Å². The van der Waals surface area contributed by atoms with E-state index in [1.807, 2.05) is 7.05 Å². The number of amides is 1. The number of rotatable bonds is 7. The van der Waals surface area contributed by atoms with Crippen molar-refractivity contribution in [3.63, 3.8) is 0 Å². The Labute approximate surface area is 113 Å². The minimum absolute atomic E-state index is 0.0504. The molecule has 0 spiro atoms. The van der Waals surface area contributed by atoms with Gasteiger partial charge in [0, 0.05) is 13.0 Å². The van der Waals surface area contributed by atoms with Crippen molar-refractivity contribution in [3.8, 4) is 0 Å². The predicted octanol–water partition coefficient (Wildman–Crippen LogP) is -0.0502. The summed E-state index contributed by atoms with van der Waals surface area (Å²) < 4.78 is 22.4. The highest BCUT2D eigenvalue weighted by Crippen LogP contribution is 2.09. The molecular formula is C12H19N3O3S. The van der Waals surface area contributed by atoms with E-state index < -0.39 is 10.0 Å². The van der Waals surface area contributed by atoms with Crippen LogP contribution in [0, 0.1) is 0 Å². The van der Waals surface area contributed by atoms with Crippen LogP contribution in [-0.2, 0) is 21.4 Å². The number of nitrogens with one attached hydrogen (secondary N) is 2. The van der Waals surface area contributed by atoms with Crippen molar-refractivity contribution in [2.24, 2.45) is 5.14 Å². The Morgan fingerprint density at radius 2 is 2.11 bits per heavy atom. The van der Waals surface area contributed by atoms with Crippen molar-refractivity contribution >= 4 is 15.9 Å². The molecule has 0 bridgehead atoms. The van der Waals surface area contributed by atoms with E-state index in [1.54, 1.807) is 12.1 Å². The molecule has 1 amide bonds. The average molecular weight is 285 g/mol. The summed E-state index contributed by atoms with van der Waals surface area (Å²) in [4.78, 5) is 11.5. The highest BCUT2D eigenvalue weighted by molar-refractivity contribution is 7.89. The number of primary sulfonamides is 1. The fourth-order valence-electron chi connectivity index (χ4n) is 1.55. The van der Waals surface area contributed by atoms with Crippen LogP contribution in [0.3, 0.4) is 0 Å². The number of carbonyl (C=O) groups excluding carboxylic acids is 1. The standard InChI is InChI=1S/C12H19N3O3S/c1-14-7-3-6-12(16)15-9-10-4-2-5-11(8-10)19(13,17)18/h2,4-5,8,14H,3,6-7,9H2,1H3,(H,15,16)(H2,13,17,18). The Morgan fingerprint density at radius 3 is 2.74 bits per heavy atom. The number of sulfonamides is 1. The fraction of sp³-hybridized carbons (Fsp3) is 0.417. The first-order chi connectivity index (χ1) is 8.93. The summed E-state index contributed by atoms with van der Waals surface area (Å²) in [5, 5.41) is 10.7. The van der Waals surface area contributed by atoms with Crippen LogP contribution in [0.25, 0.3) is 0 Å². The van der Waals surface area contributed by atoms with E-state index >= 15 is 0 Å². The van der Waals surface area contributed by atoms with E-state index in [4.69, 9.17) is 5.14 Å². The van der Waals surface area contributed by atoms with Crippen molar-refractivity contribution in [1.29, 1.82) is 0 Å². The van der Waals surface area contributed by atoms with Gasteiger partial charge in [0.1, 0.15) is 0 Å². The molecule has 0 aliphatic rings. The topological polar surface area (TPSA) is 101 Å². The second-order valence-corrected chi connectivity index (χ2v) is 5.74. The first-order valence-corrected chi connectivity index (χ1v) is 7.51. The van der Waals surface area contributed by atoms with Crippen LogP contribution in [0.2, 0.25) is 0 Å². The maximum atomic E-state index is 11.5. The molecule has 19 heavy (non-hydrogen) atoms.